The van der Waals surface area contributed by atoms with Crippen LogP contribution in [0.15, 0.2) is 24.3 Å². The van der Waals surface area contributed by atoms with Gasteiger partial charge in [-0.1, -0.05) is 19.1 Å². The average Bonchev–Trinajstić information content (AvgIpc) is 2.65. The lowest BCUT2D eigenvalue weighted by Crippen LogP contribution is -2.54. The highest BCUT2D eigenvalue weighted by molar-refractivity contribution is 5.76. The molecule has 4 heteroatoms. The second-order valence-corrected chi connectivity index (χ2v) is 8.04. The maximum Gasteiger partial charge on any atom is 0.222 e. The van der Waals surface area contributed by atoms with Crippen LogP contribution in [0.4, 0.5) is 0 Å². The van der Waals surface area contributed by atoms with Crippen LogP contribution in [0.1, 0.15) is 50.2 Å². The van der Waals surface area contributed by atoms with Crippen molar-refractivity contribution in [1.29, 1.82) is 5.26 Å². The minimum absolute atomic E-state index is 0.359. The molecule has 1 amide bonds. The fourth-order valence-electron chi connectivity index (χ4n) is 4.56. The Morgan fingerprint density at radius 2 is 1.81 bits per heavy atom. The predicted octanol–water partition coefficient (Wildman–Crippen LogP) is 3.46. The molecule has 0 radical (unpaired) electrons. The van der Waals surface area contributed by atoms with E-state index in [1.54, 1.807) is 0 Å². The van der Waals surface area contributed by atoms with Gasteiger partial charge in [-0.3, -0.25) is 4.79 Å². The third-order valence-corrected chi connectivity index (χ3v) is 5.75. The number of nitrogens with zero attached hydrogens (tertiary/aromatic N) is 3. The van der Waals surface area contributed by atoms with Crippen molar-refractivity contribution in [3.63, 3.8) is 0 Å². The number of carbonyl (C=O) groups is 1. The number of piperidine rings is 2. The van der Waals surface area contributed by atoms with E-state index in [9.17, 15) is 4.79 Å². The third-order valence-electron chi connectivity index (χ3n) is 5.75. The Bertz CT molecular complexity index is 620. The van der Waals surface area contributed by atoms with E-state index in [2.05, 4.69) is 34.9 Å². The molecule has 0 aromatic heterocycles. The summed E-state index contributed by atoms with van der Waals surface area (Å²) >= 11 is 0. The van der Waals surface area contributed by atoms with Crippen LogP contribution in [-0.4, -0.2) is 48.4 Å². The molecule has 2 bridgehead atoms. The molecule has 26 heavy (non-hydrogen) atoms. The summed E-state index contributed by atoms with van der Waals surface area (Å²) in [5.74, 6) is 1.70. The van der Waals surface area contributed by atoms with Gasteiger partial charge in [0, 0.05) is 32.6 Å². The van der Waals surface area contributed by atoms with Crippen LogP contribution in [0.2, 0.25) is 0 Å². The van der Waals surface area contributed by atoms with Gasteiger partial charge < -0.3 is 9.80 Å². The SMILES string of the molecule is CCCC(=O)N1CC2CC(CN(CCCCc3ccc(C#N)cc3)C2)C1. The zero-order valence-corrected chi connectivity index (χ0v) is 16.0. The number of carbonyl (C=O) groups excluding carboxylic acids is 1. The molecular formula is C22H31N3O. The Morgan fingerprint density at radius 3 is 2.42 bits per heavy atom. The van der Waals surface area contributed by atoms with E-state index in [-0.39, 0.29) is 0 Å². The first-order valence-electron chi connectivity index (χ1n) is 10.2. The average molecular weight is 354 g/mol. The summed E-state index contributed by atoms with van der Waals surface area (Å²) in [6, 6.07) is 10.1. The first-order valence-corrected chi connectivity index (χ1v) is 10.2. The Hall–Kier alpha value is -1.86. The number of unbranched alkanes of at least 4 members (excludes halogenated alkanes) is 1. The smallest absolute Gasteiger partial charge is 0.222 e. The Labute approximate surface area is 157 Å². The molecule has 2 fully saturated rings. The molecule has 2 atom stereocenters. The number of benzene rings is 1. The van der Waals surface area contributed by atoms with Crippen LogP contribution < -0.4 is 0 Å². The van der Waals surface area contributed by atoms with Gasteiger partial charge in [0.25, 0.3) is 0 Å². The van der Waals surface area contributed by atoms with Gasteiger partial charge in [-0.25, -0.2) is 0 Å². The van der Waals surface area contributed by atoms with Crippen LogP contribution in [0.5, 0.6) is 0 Å². The monoisotopic (exact) mass is 353 g/mol. The summed E-state index contributed by atoms with van der Waals surface area (Å²) in [6.07, 6.45) is 6.47. The zero-order chi connectivity index (χ0) is 18.4. The lowest BCUT2D eigenvalue weighted by Gasteiger charge is -2.46. The molecule has 140 valence electrons. The van der Waals surface area contributed by atoms with Gasteiger partial charge in [-0.15, -0.1) is 0 Å². The number of likely N-dealkylation sites (tertiary alicyclic amines) is 2. The van der Waals surface area contributed by atoms with E-state index in [1.807, 2.05) is 12.1 Å². The van der Waals surface area contributed by atoms with E-state index < -0.39 is 0 Å². The van der Waals surface area contributed by atoms with Crippen molar-refractivity contribution in [2.24, 2.45) is 11.8 Å². The molecule has 0 saturated carbocycles. The van der Waals surface area contributed by atoms with Gasteiger partial charge in [0.1, 0.15) is 0 Å². The van der Waals surface area contributed by atoms with Crippen LogP contribution in [0.25, 0.3) is 0 Å². The number of amides is 1. The summed E-state index contributed by atoms with van der Waals surface area (Å²) in [4.78, 5) is 16.9. The molecule has 1 aromatic carbocycles. The van der Waals surface area contributed by atoms with Gasteiger partial charge in [0.15, 0.2) is 0 Å². The van der Waals surface area contributed by atoms with Crippen molar-refractivity contribution in [1.82, 2.24) is 9.80 Å². The van der Waals surface area contributed by atoms with E-state index in [0.29, 0.717) is 24.2 Å². The van der Waals surface area contributed by atoms with E-state index >= 15 is 0 Å². The number of hydrogen-bond donors (Lipinski definition) is 0. The lowest BCUT2D eigenvalue weighted by molar-refractivity contribution is -0.135. The van der Waals surface area contributed by atoms with Crippen LogP contribution in [-0.2, 0) is 11.2 Å². The zero-order valence-electron chi connectivity index (χ0n) is 16.0. The third kappa shape index (κ3) is 5.08. The predicted molar refractivity (Wildman–Crippen MR) is 104 cm³/mol. The minimum atomic E-state index is 0.359. The molecule has 3 rings (SSSR count). The van der Waals surface area contributed by atoms with Crippen LogP contribution in [0, 0.1) is 23.2 Å². The van der Waals surface area contributed by atoms with Gasteiger partial charge in [0.05, 0.1) is 11.6 Å². The first-order chi connectivity index (χ1) is 12.7. The maximum absolute atomic E-state index is 12.2. The molecule has 0 N–H and O–H groups in total. The molecule has 0 aliphatic carbocycles. The standard InChI is InChI=1S/C22H31N3O/c1-2-5-22(26)25-16-20-12-21(17-25)15-24(14-20)11-4-3-6-18-7-9-19(13-23)10-8-18/h7-10,20-21H,2-6,11-12,14-17H2,1H3. The highest BCUT2D eigenvalue weighted by atomic mass is 16.2. The van der Waals surface area contributed by atoms with Gasteiger partial charge in [0.2, 0.25) is 5.91 Å². The van der Waals surface area contributed by atoms with Gasteiger partial charge in [-0.05, 0) is 68.2 Å². The molecule has 2 aliphatic heterocycles. The topological polar surface area (TPSA) is 47.3 Å². The molecule has 2 aliphatic rings. The molecule has 4 nitrogen and oxygen atoms in total. The van der Waals surface area contributed by atoms with Crippen molar-refractivity contribution < 1.29 is 4.79 Å². The minimum Gasteiger partial charge on any atom is -0.342 e. The van der Waals surface area contributed by atoms with E-state index in [0.717, 1.165) is 44.6 Å². The largest absolute Gasteiger partial charge is 0.342 e. The van der Waals surface area contributed by atoms with E-state index in [1.165, 1.54) is 31.4 Å². The Balaban J connectivity index is 1.38. The van der Waals surface area contributed by atoms with Crippen molar-refractivity contribution in [2.45, 2.75) is 45.4 Å². The van der Waals surface area contributed by atoms with Crippen molar-refractivity contribution in [2.75, 3.05) is 32.7 Å². The molecule has 1 aromatic rings. The number of hydrogen-bond acceptors (Lipinski definition) is 3. The van der Waals surface area contributed by atoms with Crippen LogP contribution in [0.3, 0.4) is 0 Å². The molecule has 2 heterocycles. The molecular weight excluding hydrogens is 322 g/mol. The number of fused-ring (bicyclic) bond motifs is 2. The van der Waals surface area contributed by atoms with Gasteiger partial charge in [-0.2, -0.15) is 5.26 Å². The summed E-state index contributed by atoms with van der Waals surface area (Å²) < 4.78 is 0. The lowest BCUT2D eigenvalue weighted by atomic mass is 9.84. The van der Waals surface area contributed by atoms with Crippen molar-refractivity contribution >= 4 is 5.91 Å². The second-order valence-electron chi connectivity index (χ2n) is 8.04. The fraction of sp³-hybridized carbons (Fsp3) is 0.636. The summed E-state index contributed by atoms with van der Waals surface area (Å²) in [7, 11) is 0. The number of rotatable bonds is 7. The molecule has 2 unspecified atom stereocenters. The molecule has 2 saturated heterocycles. The highest BCUT2D eigenvalue weighted by Crippen LogP contribution is 2.29. The highest BCUT2D eigenvalue weighted by Gasteiger charge is 2.35. The first kappa shape index (κ1) is 18.9. The number of nitriles is 1. The second kappa shape index (κ2) is 9.19. The van der Waals surface area contributed by atoms with Crippen molar-refractivity contribution in [3.8, 4) is 6.07 Å². The Kier molecular flexibility index (Phi) is 6.68. The number of aryl methyl sites for hydroxylation is 1. The van der Waals surface area contributed by atoms with E-state index in [4.69, 9.17) is 5.26 Å². The molecule has 0 spiro atoms. The normalized spacial score (nSPS) is 22.8. The Morgan fingerprint density at radius 1 is 1.12 bits per heavy atom. The quantitative estimate of drug-likeness (QED) is 0.705. The fourth-order valence-corrected chi connectivity index (χ4v) is 4.56. The maximum atomic E-state index is 12.2. The summed E-state index contributed by atoms with van der Waals surface area (Å²) in [6.45, 7) is 7.51. The van der Waals surface area contributed by atoms with Gasteiger partial charge >= 0.3 is 0 Å². The van der Waals surface area contributed by atoms with Crippen LogP contribution >= 0.6 is 0 Å². The van der Waals surface area contributed by atoms with Crippen molar-refractivity contribution in [3.05, 3.63) is 35.4 Å². The summed E-state index contributed by atoms with van der Waals surface area (Å²) in [5, 5.41) is 8.85. The summed E-state index contributed by atoms with van der Waals surface area (Å²) in [5.41, 5.74) is 2.06.